The standard InChI is InChI=1S/C13H5F5IN3O4/c14-8-1-5(19)2-9(15)12(8)20-11-7(13(16,17)18)3-6(21(23)24)4-10(11)22(25)26/h1-4,20H. The van der Waals surface area contributed by atoms with Gasteiger partial charge in [0, 0.05) is 9.64 Å². The number of rotatable bonds is 4. The molecule has 0 bridgehead atoms. The Morgan fingerprint density at radius 3 is 1.88 bits per heavy atom. The highest BCUT2D eigenvalue weighted by atomic mass is 127. The van der Waals surface area contributed by atoms with E-state index in [9.17, 15) is 42.2 Å². The van der Waals surface area contributed by atoms with Crippen molar-refractivity contribution in [1.29, 1.82) is 0 Å². The van der Waals surface area contributed by atoms with Crippen LogP contribution in [-0.2, 0) is 6.18 Å². The normalized spacial score (nSPS) is 11.3. The molecule has 1 N–H and O–H groups in total. The second-order valence-electron chi connectivity index (χ2n) is 4.77. The molecule has 0 amide bonds. The van der Waals surface area contributed by atoms with E-state index in [4.69, 9.17) is 0 Å². The first-order chi connectivity index (χ1) is 11.9. The lowest BCUT2D eigenvalue weighted by molar-refractivity contribution is -0.394. The smallest absolute Gasteiger partial charge is 0.345 e. The second kappa shape index (κ2) is 6.97. The average molecular weight is 489 g/mol. The molecule has 0 saturated heterocycles. The number of nitro benzene ring substituents is 2. The summed E-state index contributed by atoms with van der Waals surface area (Å²) in [4.78, 5) is 19.2. The zero-order chi connectivity index (χ0) is 19.8. The Bertz CT molecular complexity index is 896. The maximum Gasteiger partial charge on any atom is 0.418 e. The number of hydrogen-bond donors (Lipinski definition) is 1. The number of halogens is 6. The van der Waals surface area contributed by atoms with E-state index in [-0.39, 0.29) is 15.7 Å². The Hall–Kier alpha value is -2.58. The van der Waals surface area contributed by atoms with Gasteiger partial charge in [0.05, 0.1) is 21.5 Å². The van der Waals surface area contributed by atoms with Crippen LogP contribution in [0.4, 0.5) is 44.7 Å². The number of nitrogens with one attached hydrogen (secondary N) is 1. The summed E-state index contributed by atoms with van der Waals surface area (Å²) in [5.41, 5.74) is -6.74. The first-order valence-electron chi connectivity index (χ1n) is 6.37. The molecule has 2 aromatic carbocycles. The van der Waals surface area contributed by atoms with Gasteiger partial charge in [-0.3, -0.25) is 20.2 Å². The minimum atomic E-state index is -5.27. The third kappa shape index (κ3) is 3.97. The molecule has 0 aliphatic heterocycles. The molecular formula is C13H5F5IN3O4. The van der Waals surface area contributed by atoms with Crippen molar-refractivity contribution in [3.8, 4) is 0 Å². The van der Waals surface area contributed by atoms with Crippen molar-refractivity contribution in [1.82, 2.24) is 0 Å². The van der Waals surface area contributed by atoms with Crippen LogP contribution < -0.4 is 5.32 Å². The molecule has 0 spiro atoms. The summed E-state index contributed by atoms with van der Waals surface area (Å²) in [5.74, 6) is -2.59. The second-order valence-corrected chi connectivity index (χ2v) is 6.01. The highest BCUT2D eigenvalue weighted by Gasteiger charge is 2.40. The predicted octanol–water partition coefficient (Wildman–Crippen LogP) is 5.15. The van der Waals surface area contributed by atoms with E-state index in [1.807, 2.05) is 0 Å². The van der Waals surface area contributed by atoms with Crippen LogP contribution in [0, 0.1) is 35.4 Å². The van der Waals surface area contributed by atoms with Crippen LogP contribution >= 0.6 is 22.6 Å². The van der Waals surface area contributed by atoms with Gasteiger partial charge in [0.15, 0.2) is 11.6 Å². The van der Waals surface area contributed by atoms with Gasteiger partial charge in [-0.25, -0.2) is 8.78 Å². The van der Waals surface area contributed by atoms with E-state index < -0.39 is 56.0 Å². The fourth-order valence-corrected chi connectivity index (χ4v) is 2.55. The van der Waals surface area contributed by atoms with E-state index in [1.54, 1.807) is 27.9 Å². The van der Waals surface area contributed by atoms with Gasteiger partial charge < -0.3 is 5.32 Å². The summed E-state index contributed by atoms with van der Waals surface area (Å²) >= 11 is 1.56. The number of nitrogens with zero attached hydrogens (tertiary/aromatic N) is 2. The van der Waals surface area contributed by atoms with Crippen LogP contribution in [0.15, 0.2) is 24.3 Å². The highest BCUT2D eigenvalue weighted by Crippen LogP contribution is 2.44. The van der Waals surface area contributed by atoms with Crippen LogP contribution in [0.1, 0.15) is 5.56 Å². The van der Waals surface area contributed by atoms with Crippen molar-refractivity contribution in [2.45, 2.75) is 6.18 Å². The van der Waals surface area contributed by atoms with Crippen molar-refractivity contribution in [2.75, 3.05) is 5.32 Å². The van der Waals surface area contributed by atoms with Gasteiger partial charge >= 0.3 is 6.18 Å². The maximum absolute atomic E-state index is 13.9. The lowest BCUT2D eigenvalue weighted by Gasteiger charge is -2.15. The molecule has 0 aromatic heterocycles. The molecule has 7 nitrogen and oxygen atoms in total. The zero-order valence-corrected chi connectivity index (χ0v) is 14.3. The molecule has 0 unspecified atom stereocenters. The van der Waals surface area contributed by atoms with E-state index in [0.717, 1.165) is 12.1 Å². The molecule has 0 aliphatic rings. The SMILES string of the molecule is O=[N+]([O-])c1cc([N+](=O)[O-])c(Nc2c(F)cc(I)cc2F)c(C(F)(F)F)c1. The van der Waals surface area contributed by atoms with E-state index in [2.05, 4.69) is 0 Å². The molecule has 13 heteroatoms. The summed E-state index contributed by atoms with van der Waals surface area (Å²) in [7, 11) is 0. The molecule has 0 saturated carbocycles. The van der Waals surface area contributed by atoms with Crippen LogP contribution in [0.3, 0.4) is 0 Å². The Labute approximate surface area is 154 Å². The van der Waals surface area contributed by atoms with Gasteiger partial charge in [0.25, 0.3) is 11.4 Å². The summed E-state index contributed by atoms with van der Waals surface area (Å²) in [5, 5.41) is 23.5. The van der Waals surface area contributed by atoms with Crippen molar-refractivity contribution >= 4 is 45.3 Å². The van der Waals surface area contributed by atoms with Crippen LogP contribution in [-0.4, -0.2) is 9.85 Å². The third-order valence-electron chi connectivity index (χ3n) is 3.07. The molecule has 0 atom stereocenters. The molecule has 0 heterocycles. The van der Waals surface area contributed by atoms with Gasteiger partial charge in [-0.05, 0) is 34.7 Å². The Morgan fingerprint density at radius 2 is 1.46 bits per heavy atom. The van der Waals surface area contributed by atoms with Crippen molar-refractivity contribution < 1.29 is 31.8 Å². The minimum absolute atomic E-state index is 0.0395. The quantitative estimate of drug-likeness (QED) is 0.278. The van der Waals surface area contributed by atoms with Gasteiger partial charge in [-0.1, -0.05) is 0 Å². The van der Waals surface area contributed by atoms with Crippen molar-refractivity contribution in [3.05, 3.63) is 65.3 Å². The number of anilines is 2. The van der Waals surface area contributed by atoms with E-state index in [1.165, 1.54) is 0 Å². The Morgan fingerprint density at radius 1 is 0.923 bits per heavy atom. The third-order valence-corrected chi connectivity index (χ3v) is 3.69. The lowest BCUT2D eigenvalue weighted by atomic mass is 10.1. The lowest BCUT2D eigenvalue weighted by Crippen LogP contribution is -2.13. The van der Waals surface area contributed by atoms with E-state index >= 15 is 0 Å². The minimum Gasteiger partial charge on any atom is -0.345 e. The van der Waals surface area contributed by atoms with Gasteiger partial charge in [0.1, 0.15) is 11.4 Å². The predicted molar refractivity (Wildman–Crippen MR) is 87.1 cm³/mol. The molecule has 2 aromatic rings. The van der Waals surface area contributed by atoms with Gasteiger partial charge in [-0.2, -0.15) is 13.2 Å². The summed E-state index contributed by atoms with van der Waals surface area (Å²) in [6.45, 7) is 0. The van der Waals surface area contributed by atoms with Gasteiger partial charge in [-0.15, -0.1) is 0 Å². The molecular weight excluding hydrogens is 484 g/mol. The van der Waals surface area contributed by atoms with Crippen molar-refractivity contribution in [3.63, 3.8) is 0 Å². The Kier molecular flexibility index (Phi) is 5.29. The molecule has 0 radical (unpaired) electrons. The Balaban J connectivity index is 2.78. The van der Waals surface area contributed by atoms with Crippen molar-refractivity contribution in [2.24, 2.45) is 0 Å². The molecule has 0 aliphatic carbocycles. The van der Waals surface area contributed by atoms with Crippen LogP contribution in [0.25, 0.3) is 0 Å². The molecule has 2 rings (SSSR count). The zero-order valence-electron chi connectivity index (χ0n) is 12.1. The molecule has 26 heavy (non-hydrogen) atoms. The monoisotopic (exact) mass is 489 g/mol. The largest absolute Gasteiger partial charge is 0.418 e. The summed E-state index contributed by atoms with van der Waals surface area (Å²) < 4.78 is 67.6. The number of alkyl halides is 3. The fraction of sp³-hybridized carbons (Fsp3) is 0.0769. The number of benzene rings is 2. The molecule has 0 fully saturated rings. The number of non-ortho nitro benzene ring substituents is 1. The summed E-state index contributed by atoms with van der Waals surface area (Å²) in [6.07, 6.45) is -5.27. The highest BCUT2D eigenvalue weighted by molar-refractivity contribution is 14.1. The first-order valence-corrected chi connectivity index (χ1v) is 7.45. The van der Waals surface area contributed by atoms with Crippen LogP contribution in [0.5, 0.6) is 0 Å². The topological polar surface area (TPSA) is 98.3 Å². The number of hydrogen-bond acceptors (Lipinski definition) is 5. The fourth-order valence-electron chi connectivity index (χ4n) is 2.00. The summed E-state index contributed by atoms with van der Waals surface area (Å²) in [6, 6.07) is 1.88. The first kappa shape index (κ1) is 19.7. The maximum atomic E-state index is 13.9. The van der Waals surface area contributed by atoms with E-state index in [0.29, 0.717) is 0 Å². The van der Waals surface area contributed by atoms with Gasteiger partial charge in [0.2, 0.25) is 0 Å². The molecule has 138 valence electrons. The average Bonchev–Trinajstić information content (AvgIpc) is 2.48. The van der Waals surface area contributed by atoms with Crippen LogP contribution in [0.2, 0.25) is 0 Å². The number of nitro groups is 2.